The van der Waals surface area contributed by atoms with Gasteiger partial charge in [-0.2, -0.15) is 0 Å². The molecule has 4 heteroatoms. The van der Waals surface area contributed by atoms with E-state index in [2.05, 4.69) is 20.8 Å². The first kappa shape index (κ1) is 20.1. The summed E-state index contributed by atoms with van der Waals surface area (Å²) >= 11 is 0. The van der Waals surface area contributed by atoms with E-state index in [0.717, 1.165) is 38.5 Å². The van der Waals surface area contributed by atoms with Crippen molar-refractivity contribution in [1.82, 2.24) is 0 Å². The second-order valence-electron chi connectivity index (χ2n) is 11.0. The van der Waals surface area contributed by atoms with Crippen LogP contribution in [-0.2, 0) is 14.4 Å². The normalized spacial score (nSPS) is 46.5. The number of Topliss-reactive ketones (excluding diaryl/α,β-unsaturated/α-hetero) is 2. The number of carboxylic acids is 1. The van der Waals surface area contributed by atoms with Gasteiger partial charge in [-0.3, -0.25) is 14.4 Å². The van der Waals surface area contributed by atoms with Crippen LogP contribution in [0.1, 0.15) is 85.0 Å². The smallest absolute Gasteiger partial charge is 0.303 e. The largest absolute Gasteiger partial charge is 0.481 e. The van der Waals surface area contributed by atoms with Crippen molar-refractivity contribution in [3.05, 3.63) is 0 Å². The van der Waals surface area contributed by atoms with E-state index in [1.807, 2.05) is 0 Å². The first-order valence-corrected chi connectivity index (χ1v) is 11.4. The minimum atomic E-state index is -0.705. The predicted molar refractivity (Wildman–Crippen MR) is 107 cm³/mol. The standard InChI is InChI=1S/C24H36O4/c1-14(4-7-21(27)28)17-5-6-18-22-19(9-11-24(17,18)3)23(2)10-8-16(25)12-15(23)13-20(22)26/h14-15,17-19,22H,4-13H2,1-3H3,(H,27,28)/t14?,15?,17-,18+,19+,22+,23+,24-/m1/s1. The zero-order valence-electron chi connectivity index (χ0n) is 17.7. The zero-order valence-corrected chi connectivity index (χ0v) is 17.7. The lowest BCUT2D eigenvalue weighted by atomic mass is 9.44. The molecule has 0 aromatic carbocycles. The van der Waals surface area contributed by atoms with E-state index in [-0.39, 0.29) is 29.1 Å². The van der Waals surface area contributed by atoms with Gasteiger partial charge in [0.25, 0.3) is 0 Å². The molecule has 0 aromatic heterocycles. The van der Waals surface area contributed by atoms with Gasteiger partial charge in [-0.05, 0) is 78.9 Å². The summed E-state index contributed by atoms with van der Waals surface area (Å²) in [4.78, 5) is 36.4. The van der Waals surface area contributed by atoms with Gasteiger partial charge in [-0.15, -0.1) is 0 Å². The van der Waals surface area contributed by atoms with Crippen molar-refractivity contribution < 1.29 is 19.5 Å². The topological polar surface area (TPSA) is 71.4 Å². The number of hydrogen-bond acceptors (Lipinski definition) is 3. The maximum Gasteiger partial charge on any atom is 0.303 e. The maximum atomic E-state index is 13.3. The van der Waals surface area contributed by atoms with Crippen LogP contribution in [0, 0.1) is 46.3 Å². The molecule has 8 atom stereocenters. The number of aliphatic carboxylic acids is 1. The monoisotopic (exact) mass is 388 g/mol. The number of ketones is 2. The summed E-state index contributed by atoms with van der Waals surface area (Å²) in [6.07, 6.45) is 8.38. The lowest BCUT2D eigenvalue weighted by Gasteiger charge is -2.59. The van der Waals surface area contributed by atoms with E-state index >= 15 is 0 Å². The molecule has 4 nitrogen and oxygen atoms in total. The molecule has 4 rings (SSSR count). The van der Waals surface area contributed by atoms with E-state index in [1.165, 1.54) is 0 Å². The Balaban J connectivity index is 1.57. The Morgan fingerprint density at radius 3 is 2.50 bits per heavy atom. The molecule has 0 bridgehead atoms. The Kier molecular flexibility index (Phi) is 4.99. The van der Waals surface area contributed by atoms with Crippen molar-refractivity contribution in [3.63, 3.8) is 0 Å². The van der Waals surface area contributed by atoms with Crippen molar-refractivity contribution in [1.29, 1.82) is 0 Å². The lowest BCUT2D eigenvalue weighted by Crippen LogP contribution is -2.57. The number of fused-ring (bicyclic) bond motifs is 5. The van der Waals surface area contributed by atoms with Crippen molar-refractivity contribution >= 4 is 17.5 Å². The summed E-state index contributed by atoms with van der Waals surface area (Å²) in [6.45, 7) is 6.99. The minimum absolute atomic E-state index is 0.154. The highest BCUT2D eigenvalue weighted by Gasteiger charge is 2.63. The van der Waals surface area contributed by atoms with Gasteiger partial charge in [-0.1, -0.05) is 20.8 Å². The Morgan fingerprint density at radius 2 is 1.79 bits per heavy atom. The van der Waals surface area contributed by atoms with E-state index in [4.69, 9.17) is 5.11 Å². The SMILES string of the molecule is CC(CCC(=O)O)[C@H]1CC[C@H]2[C@@H]3C(=O)CC4CC(=O)CC[C@]4(C)[C@H]3CC[C@]12C. The molecule has 1 N–H and O–H groups in total. The van der Waals surface area contributed by atoms with Gasteiger partial charge < -0.3 is 5.11 Å². The van der Waals surface area contributed by atoms with Crippen LogP contribution in [0.15, 0.2) is 0 Å². The Morgan fingerprint density at radius 1 is 1.07 bits per heavy atom. The van der Waals surface area contributed by atoms with Gasteiger partial charge in [0.1, 0.15) is 11.6 Å². The molecule has 28 heavy (non-hydrogen) atoms. The maximum absolute atomic E-state index is 13.3. The quantitative estimate of drug-likeness (QED) is 0.744. The highest BCUT2D eigenvalue weighted by Crippen LogP contribution is 2.67. The Bertz CT molecular complexity index is 684. The zero-order chi connectivity index (χ0) is 20.3. The number of rotatable bonds is 4. The molecule has 4 saturated carbocycles. The number of carboxylic acid groups (broad SMARTS) is 1. The van der Waals surface area contributed by atoms with Crippen LogP contribution >= 0.6 is 0 Å². The van der Waals surface area contributed by atoms with Crippen LogP contribution in [-0.4, -0.2) is 22.6 Å². The Hall–Kier alpha value is -1.19. The summed E-state index contributed by atoms with van der Waals surface area (Å²) in [5.41, 5.74) is 0.323. The van der Waals surface area contributed by atoms with Crippen molar-refractivity contribution in [3.8, 4) is 0 Å². The Labute approximate surface area is 168 Å². The van der Waals surface area contributed by atoms with Gasteiger partial charge in [0.15, 0.2) is 0 Å². The fourth-order valence-corrected chi connectivity index (χ4v) is 8.25. The van der Waals surface area contributed by atoms with Gasteiger partial charge in [0.2, 0.25) is 0 Å². The third kappa shape index (κ3) is 2.97. The van der Waals surface area contributed by atoms with Crippen molar-refractivity contribution in [2.45, 2.75) is 85.0 Å². The van der Waals surface area contributed by atoms with Gasteiger partial charge >= 0.3 is 5.97 Å². The van der Waals surface area contributed by atoms with Crippen molar-refractivity contribution in [2.24, 2.45) is 46.3 Å². The lowest BCUT2D eigenvalue weighted by molar-refractivity contribution is -0.159. The first-order chi connectivity index (χ1) is 13.2. The predicted octanol–water partition coefficient (Wildman–Crippen LogP) is 4.89. The summed E-state index contributed by atoms with van der Waals surface area (Å²) in [5, 5.41) is 9.08. The van der Waals surface area contributed by atoms with Crippen LogP contribution < -0.4 is 0 Å². The molecule has 0 spiro atoms. The third-order valence-electron chi connectivity index (χ3n) is 9.86. The van der Waals surface area contributed by atoms with E-state index in [9.17, 15) is 14.4 Å². The number of carbonyl (C=O) groups is 3. The van der Waals surface area contributed by atoms with Gasteiger partial charge in [0, 0.05) is 31.6 Å². The average molecular weight is 389 g/mol. The molecular weight excluding hydrogens is 352 g/mol. The molecule has 0 heterocycles. The third-order valence-corrected chi connectivity index (χ3v) is 9.86. The van der Waals surface area contributed by atoms with Crippen LogP contribution in [0.5, 0.6) is 0 Å². The first-order valence-electron chi connectivity index (χ1n) is 11.4. The van der Waals surface area contributed by atoms with Crippen LogP contribution in [0.2, 0.25) is 0 Å². The molecule has 0 radical (unpaired) electrons. The van der Waals surface area contributed by atoms with Crippen LogP contribution in [0.4, 0.5) is 0 Å². The van der Waals surface area contributed by atoms with E-state index in [1.54, 1.807) is 0 Å². The second-order valence-corrected chi connectivity index (χ2v) is 11.0. The molecule has 0 amide bonds. The highest BCUT2D eigenvalue weighted by molar-refractivity contribution is 5.86. The van der Waals surface area contributed by atoms with E-state index < -0.39 is 5.97 Å². The molecule has 4 aliphatic carbocycles. The number of hydrogen-bond donors (Lipinski definition) is 1. The highest BCUT2D eigenvalue weighted by atomic mass is 16.4. The fourth-order valence-electron chi connectivity index (χ4n) is 8.25. The molecular formula is C24H36O4. The summed E-state index contributed by atoms with van der Waals surface area (Å²) in [7, 11) is 0. The molecule has 4 fully saturated rings. The fraction of sp³-hybridized carbons (Fsp3) is 0.875. The van der Waals surface area contributed by atoms with Crippen LogP contribution in [0.25, 0.3) is 0 Å². The average Bonchev–Trinajstić information content (AvgIpc) is 2.98. The summed E-state index contributed by atoms with van der Waals surface area (Å²) in [6, 6.07) is 0. The van der Waals surface area contributed by atoms with Gasteiger partial charge in [0.05, 0.1) is 0 Å². The molecule has 0 saturated heterocycles. The molecule has 0 aliphatic heterocycles. The molecule has 2 unspecified atom stereocenters. The summed E-state index contributed by atoms with van der Waals surface area (Å²) in [5.74, 6) is 2.33. The minimum Gasteiger partial charge on any atom is -0.481 e. The number of carbonyl (C=O) groups excluding carboxylic acids is 2. The van der Waals surface area contributed by atoms with Gasteiger partial charge in [-0.25, -0.2) is 0 Å². The molecule has 4 aliphatic rings. The summed E-state index contributed by atoms with van der Waals surface area (Å²) < 4.78 is 0. The van der Waals surface area contributed by atoms with Crippen molar-refractivity contribution in [2.75, 3.05) is 0 Å². The second kappa shape index (κ2) is 6.95. The van der Waals surface area contributed by atoms with Crippen LogP contribution in [0.3, 0.4) is 0 Å². The molecule has 0 aromatic rings. The molecule has 156 valence electrons. The van der Waals surface area contributed by atoms with E-state index in [0.29, 0.717) is 54.5 Å².